The number of hydrogen-bond acceptors (Lipinski definition) is 8. The number of nitrogens with zero attached hydrogens (tertiary/aromatic N) is 3. The summed E-state index contributed by atoms with van der Waals surface area (Å²) in [7, 11) is 3.16. The highest BCUT2D eigenvalue weighted by atomic mass is 19.1. The fraction of sp³-hybridized carbons (Fsp3) is 0.318. The fourth-order valence-corrected chi connectivity index (χ4v) is 3.38. The van der Waals surface area contributed by atoms with Gasteiger partial charge in [-0.2, -0.15) is 14.4 Å². The van der Waals surface area contributed by atoms with Crippen molar-refractivity contribution in [1.82, 2.24) is 9.97 Å². The first-order chi connectivity index (χ1) is 15.6. The van der Waals surface area contributed by atoms with Gasteiger partial charge in [-0.05, 0) is 30.3 Å². The minimum atomic E-state index is -0.734. The molecule has 0 spiro atoms. The van der Waals surface area contributed by atoms with Gasteiger partial charge in [0.1, 0.15) is 23.1 Å². The second kappa shape index (κ2) is 9.65. The number of furan rings is 1. The highest BCUT2D eigenvalue weighted by Gasteiger charge is 2.18. The molecule has 1 fully saturated rings. The van der Waals surface area contributed by atoms with Crippen LogP contribution < -0.4 is 19.7 Å². The Morgan fingerprint density at radius 2 is 1.94 bits per heavy atom. The van der Waals surface area contributed by atoms with Gasteiger partial charge in [0.05, 0.1) is 27.4 Å². The topological polar surface area (TPSA) is 99.0 Å². The van der Waals surface area contributed by atoms with E-state index in [1.165, 1.54) is 6.07 Å². The number of amides is 1. The molecular formula is C22H23FN4O5. The lowest BCUT2D eigenvalue weighted by molar-refractivity contribution is 0.0994. The van der Waals surface area contributed by atoms with Crippen LogP contribution in [0.15, 0.2) is 40.8 Å². The van der Waals surface area contributed by atoms with Crippen LogP contribution in [0.1, 0.15) is 21.9 Å². The monoisotopic (exact) mass is 442 g/mol. The molecule has 168 valence electrons. The third-order valence-corrected chi connectivity index (χ3v) is 4.98. The van der Waals surface area contributed by atoms with Crippen molar-refractivity contribution in [1.29, 1.82) is 0 Å². The summed E-state index contributed by atoms with van der Waals surface area (Å²) in [6.07, 6.45) is 0.394. The average Bonchev–Trinajstić information content (AvgIpc) is 3.28. The molecule has 4 rings (SSSR count). The standard InChI is InChI=1S/C22H23FN4O5/c1-29-15-3-5-17(30-2)14(11-15)12-16-4-6-18(32-16)21(28)26-22-24-19(23)13-20(25-22)27-7-9-31-10-8-27/h3-6,11,13H,7-10,12H2,1-2H3,(H,24,25,26,28). The summed E-state index contributed by atoms with van der Waals surface area (Å²) in [4.78, 5) is 22.4. The van der Waals surface area contributed by atoms with Crippen LogP contribution in [0.2, 0.25) is 0 Å². The molecular weight excluding hydrogens is 419 g/mol. The first kappa shape index (κ1) is 21.6. The Morgan fingerprint density at radius 1 is 1.12 bits per heavy atom. The summed E-state index contributed by atoms with van der Waals surface area (Å²) >= 11 is 0. The number of nitrogens with one attached hydrogen (secondary N) is 1. The van der Waals surface area contributed by atoms with E-state index in [-0.39, 0.29) is 11.7 Å². The first-order valence-corrected chi connectivity index (χ1v) is 10.0. The minimum absolute atomic E-state index is 0.0580. The number of ether oxygens (including phenoxy) is 3. The van der Waals surface area contributed by atoms with E-state index in [4.69, 9.17) is 18.6 Å². The molecule has 0 bridgehead atoms. The van der Waals surface area contributed by atoms with E-state index in [1.807, 2.05) is 11.0 Å². The number of benzene rings is 1. The van der Waals surface area contributed by atoms with Crippen molar-refractivity contribution in [3.63, 3.8) is 0 Å². The predicted octanol–water partition coefficient (Wildman–Crippen LogP) is 2.91. The number of methoxy groups -OCH3 is 2. The van der Waals surface area contributed by atoms with Gasteiger partial charge in [-0.3, -0.25) is 10.1 Å². The molecule has 2 aromatic heterocycles. The highest BCUT2D eigenvalue weighted by Crippen LogP contribution is 2.27. The Balaban J connectivity index is 1.47. The van der Waals surface area contributed by atoms with Gasteiger partial charge in [0.15, 0.2) is 5.76 Å². The van der Waals surface area contributed by atoms with Gasteiger partial charge in [0.25, 0.3) is 5.91 Å². The summed E-state index contributed by atoms with van der Waals surface area (Å²) in [5.41, 5.74) is 0.844. The summed E-state index contributed by atoms with van der Waals surface area (Å²) in [5.74, 6) is 0.917. The third-order valence-electron chi connectivity index (χ3n) is 4.98. The fourth-order valence-electron chi connectivity index (χ4n) is 3.38. The van der Waals surface area contributed by atoms with Gasteiger partial charge in [0, 0.05) is 31.1 Å². The number of rotatable bonds is 7. The Morgan fingerprint density at radius 3 is 2.69 bits per heavy atom. The van der Waals surface area contributed by atoms with Crippen LogP contribution in [0, 0.1) is 5.95 Å². The molecule has 0 aliphatic carbocycles. The molecule has 3 aromatic rings. The Bertz CT molecular complexity index is 1100. The van der Waals surface area contributed by atoms with Gasteiger partial charge in [0.2, 0.25) is 11.9 Å². The Kier molecular flexibility index (Phi) is 6.50. The molecule has 0 saturated carbocycles. The molecule has 10 heteroatoms. The number of aromatic nitrogens is 2. The molecule has 1 aliphatic rings. The molecule has 32 heavy (non-hydrogen) atoms. The second-order valence-corrected chi connectivity index (χ2v) is 7.05. The molecule has 0 unspecified atom stereocenters. The van der Waals surface area contributed by atoms with Crippen molar-refractivity contribution in [2.45, 2.75) is 6.42 Å². The second-order valence-electron chi connectivity index (χ2n) is 7.05. The zero-order chi connectivity index (χ0) is 22.5. The molecule has 1 N–H and O–H groups in total. The molecule has 1 aliphatic heterocycles. The van der Waals surface area contributed by atoms with Crippen LogP contribution in [-0.4, -0.2) is 56.4 Å². The van der Waals surface area contributed by atoms with Gasteiger partial charge < -0.3 is 23.5 Å². The largest absolute Gasteiger partial charge is 0.497 e. The number of hydrogen-bond donors (Lipinski definition) is 1. The molecule has 1 aromatic carbocycles. The maximum Gasteiger partial charge on any atom is 0.293 e. The van der Waals surface area contributed by atoms with Crippen LogP contribution in [-0.2, 0) is 11.2 Å². The zero-order valence-electron chi connectivity index (χ0n) is 17.8. The SMILES string of the molecule is COc1ccc(OC)c(Cc2ccc(C(=O)Nc3nc(F)cc(N4CCOCC4)n3)o2)c1. The van der Waals surface area contributed by atoms with Crippen LogP contribution >= 0.6 is 0 Å². The summed E-state index contributed by atoms with van der Waals surface area (Å²) in [5, 5.41) is 2.50. The molecule has 1 saturated heterocycles. The van der Waals surface area contributed by atoms with E-state index in [2.05, 4.69) is 15.3 Å². The first-order valence-electron chi connectivity index (χ1n) is 10.0. The Hall–Kier alpha value is -3.66. The van der Waals surface area contributed by atoms with Gasteiger partial charge >= 0.3 is 0 Å². The molecule has 9 nitrogen and oxygen atoms in total. The van der Waals surface area contributed by atoms with Crippen molar-refractivity contribution < 1.29 is 27.8 Å². The van der Waals surface area contributed by atoms with Crippen LogP contribution in [0.25, 0.3) is 0 Å². The van der Waals surface area contributed by atoms with E-state index >= 15 is 0 Å². The highest BCUT2D eigenvalue weighted by molar-refractivity contribution is 6.01. The maximum absolute atomic E-state index is 14.0. The normalized spacial score (nSPS) is 13.7. The molecule has 0 radical (unpaired) electrons. The lowest BCUT2D eigenvalue weighted by atomic mass is 10.1. The van der Waals surface area contributed by atoms with Crippen molar-refractivity contribution in [2.24, 2.45) is 0 Å². The van der Waals surface area contributed by atoms with Crippen molar-refractivity contribution in [3.05, 3.63) is 59.4 Å². The van der Waals surface area contributed by atoms with E-state index < -0.39 is 11.9 Å². The lowest BCUT2D eigenvalue weighted by Gasteiger charge is -2.27. The van der Waals surface area contributed by atoms with E-state index in [0.717, 1.165) is 5.56 Å². The molecule has 1 amide bonds. The van der Waals surface area contributed by atoms with Crippen LogP contribution in [0.3, 0.4) is 0 Å². The van der Waals surface area contributed by atoms with E-state index in [9.17, 15) is 9.18 Å². The van der Waals surface area contributed by atoms with Crippen molar-refractivity contribution in [3.8, 4) is 11.5 Å². The third kappa shape index (κ3) is 4.97. The quantitative estimate of drug-likeness (QED) is 0.558. The smallest absolute Gasteiger partial charge is 0.293 e. The number of halogens is 1. The van der Waals surface area contributed by atoms with Crippen LogP contribution in [0.5, 0.6) is 11.5 Å². The summed E-state index contributed by atoms with van der Waals surface area (Å²) in [6.45, 7) is 2.22. The average molecular weight is 442 g/mol. The van der Waals surface area contributed by atoms with Crippen molar-refractivity contribution >= 4 is 17.7 Å². The number of carbonyl (C=O) groups excluding carboxylic acids is 1. The number of anilines is 2. The van der Waals surface area contributed by atoms with Gasteiger partial charge in [-0.15, -0.1) is 0 Å². The van der Waals surface area contributed by atoms with Crippen molar-refractivity contribution in [2.75, 3.05) is 50.7 Å². The summed E-state index contributed by atoms with van der Waals surface area (Å²) < 4.78 is 35.6. The van der Waals surface area contributed by atoms with Gasteiger partial charge in [-0.25, -0.2) is 0 Å². The van der Waals surface area contributed by atoms with Gasteiger partial charge in [-0.1, -0.05) is 0 Å². The minimum Gasteiger partial charge on any atom is -0.497 e. The Labute approximate surface area is 184 Å². The number of morpholine rings is 1. The summed E-state index contributed by atoms with van der Waals surface area (Å²) in [6, 6.07) is 9.91. The van der Waals surface area contributed by atoms with E-state index in [1.54, 1.807) is 38.5 Å². The number of carbonyl (C=O) groups is 1. The van der Waals surface area contributed by atoms with Crippen LogP contribution in [0.4, 0.5) is 16.2 Å². The molecule has 3 heterocycles. The maximum atomic E-state index is 14.0. The van der Waals surface area contributed by atoms with E-state index in [0.29, 0.717) is 55.8 Å². The lowest BCUT2D eigenvalue weighted by Crippen LogP contribution is -2.37. The molecule has 0 atom stereocenters. The predicted molar refractivity (Wildman–Crippen MR) is 114 cm³/mol. The zero-order valence-corrected chi connectivity index (χ0v) is 17.8.